The van der Waals surface area contributed by atoms with Crippen molar-refractivity contribution in [2.45, 2.75) is 32.1 Å². The number of hydrogen-bond acceptors (Lipinski definition) is 3. The Hall–Kier alpha value is -2.37. The highest BCUT2D eigenvalue weighted by Crippen LogP contribution is 2.59. The minimum absolute atomic E-state index is 0.0316. The standard InChI is InChI=1S/C19H22N2O4/c22-16-5-2-8-21(16)14-4-1-3-13(11-14)17(23)20-9-6-19(7-10-20)12-15(19)18(24)25/h1,3-4,11,15H,2,5-10,12H2,(H,24,25). The van der Waals surface area contributed by atoms with Crippen molar-refractivity contribution >= 4 is 23.5 Å². The van der Waals surface area contributed by atoms with Gasteiger partial charge in [0.2, 0.25) is 5.91 Å². The van der Waals surface area contributed by atoms with Gasteiger partial charge in [-0.05, 0) is 49.3 Å². The molecular weight excluding hydrogens is 320 g/mol. The summed E-state index contributed by atoms with van der Waals surface area (Å²) in [5, 5.41) is 9.17. The number of carboxylic acids is 1. The number of carbonyl (C=O) groups is 3. The molecule has 6 nitrogen and oxygen atoms in total. The van der Waals surface area contributed by atoms with Crippen LogP contribution in [0.25, 0.3) is 0 Å². The zero-order chi connectivity index (χ0) is 17.6. The minimum atomic E-state index is -0.706. The molecule has 1 aromatic carbocycles. The van der Waals surface area contributed by atoms with Crippen LogP contribution in [-0.4, -0.2) is 47.4 Å². The number of amides is 2. The van der Waals surface area contributed by atoms with Gasteiger partial charge in [-0.3, -0.25) is 14.4 Å². The van der Waals surface area contributed by atoms with Gasteiger partial charge in [-0.25, -0.2) is 0 Å². The largest absolute Gasteiger partial charge is 0.481 e. The van der Waals surface area contributed by atoms with E-state index in [0.717, 1.165) is 31.4 Å². The molecule has 2 amide bonds. The Balaban J connectivity index is 1.44. The van der Waals surface area contributed by atoms with Crippen LogP contribution in [0.3, 0.4) is 0 Å². The first kappa shape index (κ1) is 16.1. The Labute approximate surface area is 146 Å². The molecule has 1 spiro atoms. The normalized spacial score (nSPS) is 24.6. The molecule has 2 aliphatic heterocycles. The number of piperidine rings is 1. The summed E-state index contributed by atoms with van der Waals surface area (Å²) in [6.07, 6.45) is 3.70. The molecule has 0 aromatic heterocycles. The molecule has 4 rings (SSSR count). The molecule has 132 valence electrons. The molecule has 1 N–H and O–H groups in total. The highest BCUT2D eigenvalue weighted by molar-refractivity contribution is 5.99. The van der Waals surface area contributed by atoms with Gasteiger partial charge in [0.05, 0.1) is 5.92 Å². The minimum Gasteiger partial charge on any atom is -0.481 e. The predicted molar refractivity (Wildman–Crippen MR) is 91.3 cm³/mol. The number of hydrogen-bond donors (Lipinski definition) is 1. The summed E-state index contributed by atoms with van der Waals surface area (Å²) in [5.41, 5.74) is 1.31. The predicted octanol–water partition coefficient (Wildman–Crippen LogP) is 2.14. The molecule has 6 heteroatoms. The Bertz CT molecular complexity index is 737. The van der Waals surface area contributed by atoms with E-state index in [-0.39, 0.29) is 23.1 Å². The molecule has 1 atom stereocenters. The van der Waals surface area contributed by atoms with E-state index in [0.29, 0.717) is 31.6 Å². The first-order valence-electron chi connectivity index (χ1n) is 8.93. The van der Waals surface area contributed by atoms with Gasteiger partial charge in [-0.1, -0.05) is 6.07 Å². The zero-order valence-electron chi connectivity index (χ0n) is 14.1. The maximum Gasteiger partial charge on any atom is 0.307 e. The van der Waals surface area contributed by atoms with Crippen molar-refractivity contribution in [1.29, 1.82) is 0 Å². The number of aliphatic carboxylic acids is 1. The molecule has 25 heavy (non-hydrogen) atoms. The van der Waals surface area contributed by atoms with Gasteiger partial charge in [0.15, 0.2) is 0 Å². The summed E-state index contributed by atoms with van der Waals surface area (Å²) >= 11 is 0. The quantitative estimate of drug-likeness (QED) is 0.913. The molecule has 1 saturated carbocycles. The second kappa shape index (κ2) is 5.86. The molecule has 2 heterocycles. The molecule has 0 radical (unpaired) electrons. The van der Waals surface area contributed by atoms with Gasteiger partial charge in [0, 0.05) is 37.3 Å². The number of likely N-dealkylation sites (tertiary alicyclic amines) is 1. The molecule has 1 unspecified atom stereocenters. The van der Waals surface area contributed by atoms with Crippen LogP contribution in [0.2, 0.25) is 0 Å². The van der Waals surface area contributed by atoms with E-state index >= 15 is 0 Å². The number of rotatable bonds is 3. The maximum atomic E-state index is 12.8. The van der Waals surface area contributed by atoms with Crippen LogP contribution in [0, 0.1) is 11.3 Å². The SMILES string of the molecule is O=C(O)C1CC12CCN(C(=O)c1cccc(N3CCCC3=O)c1)CC2. The fourth-order valence-electron chi connectivity index (χ4n) is 4.32. The first-order valence-corrected chi connectivity index (χ1v) is 8.93. The number of carbonyl (C=O) groups excluding carboxylic acids is 2. The molecule has 2 saturated heterocycles. The van der Waals surface area contributed by atoms with Crippen LogP contribution < -0.4 is 4.90 Å². The Morgan fingerprint density at radius 2 is 1.92 bits per heavy atom. The summed E-state index contributed by atoms with van der Waals surface area (Å²) in [5.74, 6) is -0.856. The lowest BCUT2D eigenvalue weighted by molar-refractivity contribution is -0.139. The van der Waals surface area contributed by atoms with E-state index in [4.69, 9.17) is 5.11 Å². The fraction of sp³-hybridized carbons (Fsp3) is 0.526. The van der Waals surface area contributed by atoms with Gasteiger partial charge in [0.1, 0.15) is 0 Å². The van der Waals surface area contributed by atoms with E-state index in [2.05, 4.69) is 0 Å². The van der Waals surface area contributed by atoms with Crippen molar-refractivity contribution in [1.82, 2.24) is 4.90 Å². The molecule has 3 fully saturated rings. The second-order valence-electron chi connectivity index (χ2n) is 7.45. The lowest BCUT2D eigenvalue weighted by atomic mass is 9.90. The van der Waals surface area contributed by atoms with Crippen LogP contribution in [0.5, 0.6) is 0 Å². The van der Waals surface area contributed by atoms with Crippen LogP contribution in [0.15, 0.2) is 24.3 Å². The average Bonchev–Trinajstić information content (AvgIpc) is 3.15. The third-order valence-electron chi connectivity index (χ3n) is 6.01. The van der Waals surface area contributed by atoms with Crippen LogP contribution in [-0.2, 0) is 9.59 Å². The van der Waals surface area contributed by atoms with Crippen LogP contribution >= 0.6 is 0 Å². The average molecular weight is 342 g/mol. The van der Waals surface area contributed by atoms with Gasteiger partial charge in [-0.2, -0.15) is 0 Å². The van der Waals surface area contributed by atoms with Crippen LogP contribution in [0.4, 0.5) is 5.69 Å². The third kappa shape index (κ3) is 2.79. The van der Waals surface area contributed by atoms with Gasteiger partial charge >= 0.3 is 5.97 Å². The monoisotopic (exact) mass is 342 g/mol. The molecule has 1 aromatic rings. The first-order chi connectivity index (χ1) is 12.0. The van der Waals surface area contributed by atoms with Gasteiger partial charge < -0.3 is 14.9 Å². The van der Waals surface area contributed by atoms with E-state index in [1.165, 1.54) is 0 Å². The summed E-state index contributed by atoms with van der Waals surface area (Å²) in [6, 6.07) is 7.27. The molecule has 0 bridgehead atoms. The maximum absolute atomic E-state index is 12.8. The van der Waals surface area contributed by atoms with Crippen molar-refractivity contribution in [3.8, 4) is 0 Å². The van der Waals surface area contributed by atoms with Crippen molar-refractivity contribution in [3.63, 3.8) is 0 Å². The van der Waals surface area contributed by atoms with Crippen molar-refractivity contribution in [3.05, 3.63) is 29.8 Å². The van der Waals surface area contributed by atoms with Crippen LogP contribution in [0.1, 0.15) is 42.5 Å². The van der Waals surface area contributed by atoms with Gasteiger partial charge in [-0.15, -0.1) is 0 Å². The molecule has 1 aliphatic carbocycles. The Morgan fingerprint density at radius 1 is 1.16 bits per heavy atom. The summed E-state index contributed by atoms with van der Waals surface area (Å²) < 4.78 is 0. The zero-order valence-corrected chi connectivity index (χ0v) is 14.1. The second-order valence-corrected chi connectivity index (χ2v) is 7.45. The number of carboxylic acid groups (broad SMARTS) is 1. The highest BCUT2D eigenvalue weighted by Gasteiger charge is 2.59. The fourth-order valence-corrected chi connectivity index (χ4v) is 4.32. The Kier molecular flexibility index (Phi) is 3.78. The van der Waals surface area contributed by atoms with E-state index in [1.54, 1.807) is 17.0 Å². The number of anilines is 1. The smallest absolute Gasteiger partial charge is 0.307 e. The summed E-state index contributed by atoms with van der Waals surface area (Å²) in [6.45, 7) is 1.92. The van der Waals surface area contributed by atoms with Crippen molar-refractivity contribution < 1.29 is 19.5 Å². The van der Waals surface area contributed by atoms with E-state index in [9.17, 15) is 14.4 Å². The van der Waals surface area contributed by atoms with Gasteiger partial charge in [0.25, 0.3) is 5.91 Å². The topological polar surface area (TPSA) is 77.9 Å². The molecular formula is C19H22N2O4. The Morgan fingerprint density at radius 3 is 2.52 bits per heavy atom. The molecule has 3 aliphatic rings. The van der Waals surface area contributed by atoms with Crippen molar-refractivity contribution in [2.75, 3.05) is 24.5 Å². The third-order valence-corrected chi connectivity index (χ3v) is 6.01. The lowest BCUT2D eigenvalue weighted by Crippen LogP contribution is -2.40. The summed E-state index contributed by atoms with van der Waals surface area (Å²) in [7, 11) is 0. The number of nitrogens with zero attached hydrogens (tertiary/aromatic N) is 2. The van der Waals surface area contributed by atoms with Crippen molar-refractivity contribution in [2.24, 2.45) is 11.3 Å². The highest BCUT2D eigenvalue weighted by atomic mass is 16.4. The van der Waals surface area contributed by atoms with E-state index in [1.807, 2.05) is 17.0 Å². The van der Waals surface area contributed by atoms with E-state index < -0.39 is 5.97 Å². The summed E-state index contributed by atoms with van der Waals surface area (Å²) in [4.78, 5) is 39.4. The number of benzene rings is 1. The lowest BCUT2D eigenvalue weighted by Gasteiger charge is -2.32.